The molecule has 3 N–H and O–H groups in total. The van der Waals surface area contributed by atoms with Crippen LogP contribution in [0.2, 0.25) is 0 Å². The Balaban J connectivity index is 1.80. The number of unbranched alkanes of at least 4 members (excludes halogenated alkanes) is 3. The fraction of sp³-hybridized carbons (Fsp3) is 0.368. The van der Waals surface area contributed by atoms with Crippen LogP contribution in [0.4, 0.5) is 19.0 Å². The second-order valence-corrected chi connectivity index (χ2v) is 6.01. The van der Waals surface area contributed by atoms with Gasteiger partial charge < -0.3 is 11.1 Å². The highest BCUT2D eigenvalue weighted by atomic mass is 19.4. The number of pyridine rings is 1. The molecule has 26 heavy (non-hydrogen) atoms. The lowest BCUT2D eigenvalue weighted by atomic mass is 9.95. The van der Waals surface area contributed by atoms with E-state index in [1.807, 2.05) is 18.2 Å². The van der Waals surface area contributed by atoms with Crippen LogP contribution in [0.5, 0.6) is 0 Å². The van der Waals surface area contributed by atoms with E-state index in [1.54, 1.807) is 6.20 Å². The Labute approximate surface area is 150 Å². The van der Waals surface area contributed by atoms with Crippen molar-refractivity contribution in [2.24, 2.45) is 5.73 Å². The number of rotatable bonds is 9. The minimum Gasteiger partial charge on any atom is -0.370 e. The quantitative estimate of drug-likeness (QED) is 0.647. The third-order valence-electron chi connectivity index (χ3n) is 4.05. The maximum atomic E-state index is 13.0. The Bertz CT molecular complexity index is 718. The Morgan fingerprint density at radius 1 is 1.04 bits per heavy atom. The molecule has 0 bridgehead atoms. The number of nitrogens with two attached hydrogens (primary N) is 1. The zero-order valence-corrected chi connectivity index (χ0v) is 14.4. The van der Waals surface area contributed by atoms with Crippen molar-refractivity contribution < 1.29 is 18.0 Å². The Morgan fingerprint density at radius 2 is 1.81 bits per heavy atom. The second kappa shape index (κ2) is 9.22. The second-order valence-electron chi connectivity index (χ2n) is 6.01. The summed E-state index contributed by atoms with van der Waals surface area (Å²) < 4.78 is 39.1. The van der Waals surface area contributed by atoms with Crippen molar-refractivity contribution in [1.82, 2.24) is 4.98 Å². The van der Waals surface area contributed by atoms with Crippen molar-refractivity contribution in [2.75, 3.05) is 11.9 Å². The highest BCUT2D eigenvalue weighted by Crippen LogP contribution is 2.33. The standard InChI is InChI=1S/C19H22F3N3O/c20-19(21,22)15-10-7-9-14(17(15)18(23)26)8-3-1-2-5-12-24-16-11-4-6-13-25-16/h4,6-7,9-11,13H,1-3,5,8,12H2,(H2,23,26)(H,24,25). The molecule has 0 aliphatic carbocycles. The van der Waals surface area contributed by atoms with Gasteiger partial charge in [-0.05, 0) is 43.0 Å². The molecule has 2 aromatic rings. The third kappa shape index (κ3) is 5.75. The summed E-state index contributed by atoms with van der Waals surface area (Å²) in [5.74, 6) is -0.213. The van der Waals surface area contributed by atoms with Gasteiger partial charge in [0, 0.05) is 12.7 Å². The fourth-order valence-electron chi connectivity index (χ4n) is 2.81. The normalized spacial score (nSPS) is 11.3. The first kappa shape index (κ1) is 19.8. The van der Waals surface area contributed by atoms with Crippen molar-refractivity contribution in [3.05, 3.63) is 59.3 Å². The van der Waals surface area contributed by atoms with Gasteiger partial charge >= 0.3 is 6.18 Å². The van der Waals surface area contributed by atoms with Crippen molar-refractivity contribution in [2.45, 2.75) is 38.3 Å². The molecule has 0 saturated heterocycles. The van der Waals surface area contributed by atoms with Crippen molar-refractivity contribution in [3.8, 4) is 0 Å². The highest BCUT2D eigenvalue weighted by Gasteiger charge is 2.35. The molecule has 0 saturated carbocycles. The summed E-state index contributed by atoms with van der Waals surface area (Å²) >= 11 is 0. The van der Waals surface area contributed by atoms with E-state index in [-0.39, 0.29) is 0 Å². The molecule has 2 rings (SSSR count). The van der Waals surface area contributed by atoms with E-state index in [2.05, 4.69) is 10.3 Å². The molecule has 0 unspecified atom stereocenters. The predicted octanol–water partition coefficient (Wildman–Crippen LogP) is 4.41. The zero-order valence-electron chi connectivity index (χ0n) is 14.4. The summed E-state index contributed by atoms with van der Waals surface area (Å²) in [6.45, 7) is 0.785. The molecule has 0 radical (unpaired) electrons. The predicted molar refractivity (Wildman–Crippen MR) is 94.9 cm³/mol. The van der Waals surface area contributed by atoms with E-state index < -0.39 is 23.2 Å². The number of amides is 1. The van der Waals surface area contributed by atoms with Gasteiger partial charge in [-0.25, -0.2) is 4.98 Å². The van der Waals surface area contributed by atoms with Crippen molar-refractivity contribution in [3.63, 3.8) is 0 Å². The molecule has 4 nitrogen and oxygen atoms in total. The number of carbonyl (C=O) groups is 1. The summed E-state index contributed by atoms with van der Waals surface area (Å²) in [5, 5.41) is 3.20. The molecule has 0 atom stereocenters. The van der Waals surface area contributed by atoms with E-state index in [1.165, 1.54) is 12.1 Å². The molecule has 1 aromatic heterocycles. The molecule has 7 heteroatoms. The number of alkyl halides is 3. The van der Waals surface area contributed by atoms with E-state index in [4.69, 9.17) is 5.73 Å². The third-order valence-corrected chi connectivity index (χ3v) is 4.05. The maximum Gasteiger partial charge on any atom is 0.417 e. The molecule has 1 amide bonds. The first-order valence-electron chi connectivity index (χ1n) is 8.53. The van der Waals surface area contributed by atoms with Gasteiger partial charge in [-0.15, -0.1) is 0 Å². The number of hydrogen-bond acceptors (Lipinski definition) is 3. The van der Waals surface area contributed by atoms with Crippen LogP contribution in [0.25, 0.3) is 0 Å². The summed E-state index contributed by atoms with van der Waals surface area (Å²) in [6.07, 6.45) is 0.956. The summed E-state index contributed by atoms with van der Waals surface area (Å²) in [4.78, 5) is 15.7. The lowest BCUT2D eigenvalue weighted by molar-refractivity contribution is -0.138. The van der Waals surface area contributed by atoms with E-state index in [0.29, 0.717) is 18.4 Å². The average molecular weight is 365 g/mol. The van der Waals surface area contributed by atoms with E-state index in [9.17, 15) is 18.0 Å². The van der Waals surface area contributed by atoms with Crippen LogP contribution in [0.3, 0.4) is 0 Å². The molecule has 0 spiro atoms. The largest absolute Gasteiger partial charge is 0.417 e. The van der Waals surface area contributed by atoms with Gasteiger partial charge in [-0.2, -0.15) is 13.2 Å². The number of nitrogens with zero attached hydrogens (tertiary/aromatic N) is 1. The first-order chi connectivity index (χ1) is 12.4. The molecule has 1 heterocycles. The van der Waals surface area contributed by atoms with Gasteiger partial charge in [-0.1, -0.05) is 31.0 Å². The lowest BCUT2D eigenvalue weighted by Crippen LogP contribution is -2.21. The zero-order chi connectivity index (χ0) is 19.0. The van der Waals surface area contributed by atoms with Crippen molar-refractivity contribution in [1.29, 1.82) is 0 Å². The summed E-state index contributed by atoms with van der Waals surface area (Å²) in [6, 6.07) is 9.39. The van der Waals surface area contributed by atoms with Crippen LogP contribution >= 0.6 is 0 Å². The number of benzene rings is 1. The number of hydrogen-bond donors (Lipinski definition) is 2. The maximum absolute atomic E-state index is 13.0. The molecule has 0 fully saturated rings. The Hall–Kier alpha value is -2.57. The molecule has 0 aliphatic rings. The lowest BCUT2D eigenvalue weighted by Gasteiger charge is -2.14. The van der Waals surface area contributed by atoms with Gasteiger partial charge in [0.25, 0.3) is 0 Å². The first-order valence-corrected chi connectivity index (χ1v) is 8.53. The Kier molecular flexibility index (Phi) is 7.00. The average Bonchev–Trinajstić information content (AvgIpc) is 2.60. The van der Waals surface area contributed by atoms with E-state index >= 15 is 0 Å². The molecular weight excluding hydrogens is 343 g/mol. The minimum absolute atomic E-state index is 0.360. The Morgan fingerprint density at radius 3 is 2.46 bits per heavy atom. The summed E-state index contributed by atoms with van der Waals surface area (Å²) in [5.41, 5.74) is 4.18. The number of primary amides is 1. The van der Waals surface area contributed by atoms with Gasteiger partial charge in [0.15, 0.2) is 0 Å². The molecule has 0 aliphatic heterocycles. The molecule has 140 valence electrons. The van der Waals surface area contributed by atoms with Crippen LogP contribution in [0, 0.1) is 0 Å². The van der Waals surface area contributed by atoms with E-state index in [0.717, 1.165) is 37.7 Å². The number of aryl methyl sites for hydroxylation is 1. The van der Waals surface area contributed by atoms with Gasteiger partial charge in [-0.3, -0.25) is 4.79 Å². The van der Waals surface area contributed by atoms with Crippen LogP contribution in [0.1, 0.15) is 47.2 Å². The van der Waals surface area contributed by atoms with Gasteiger partial charge in [0.05, 0.1) is 11.1 Å². The SMILES string of the molecule is NC(=O)c1c(CCCCCCNc2ccccn2)cccc1C(F)(F)F. The highest BCUT2D eigenvalue weighted by molar-refractivity contribution is 5.96. The molecular formula is C19H22F3N3O. The molecule has 1 aromatic carbocycles. The smallest absolute Gasteiger partial charge is 0.370 e. The minimum atomic E-state index is -4.59. The fourth-order valence-corrected chi connectivity index (χ4v) is 2.81. The van der Waals surface area contributed by atoms with Crippen LogP contribution in [-0.4, -0.2) is 17.4 Å². The summed E-state index contributed by atoms with van der Waals surface area (Å²) in [7, 11) is 0. The number of nitrogens with one attached hydrogen (secondary N) is 1. The van der Waals surface area contributed by atoms with Crippen LogP contribution < -0.4 is 11.1 Å². The number of halogens is 3. The number of carbonyl (C=O) groups excluding carboxylic acids is 1. The number of anilines is 1. The monoisotopic (exact) mass is 365 g/mol. The van der Waals surface area contributed by atoms with Crippen LogP contribution in [-0.2, 0) is 12.6 Å². The van der Waals surface area contributed by atoms with Crippen LogP contribution in [0.15, 0.2) is 42.6 Å². The topological polar surface area (TPSA) is 68.0 Å². The van der Waals surface area contributed by atoms with Gasteiger partial charge in [0.2, 0.25) is 5.91 Å². The van der Waals surface area contributed by atoms with Gasteiger partial charge in [0.1, 0.15) is 5.82 Å². The number of aromatic nitrogens is 1. The van der Waals surface area contributed by atoms with Crippen molar-refractivity contribution >= 4 is 11.7 Å².